The van der Waals surface area contributed by atoms with Gasteiger partial charge in [-0.3, -0.25) is 24.8 Å². The van der Waals surface area contributed by atoms with Crippen LogP contribution < -0.4 is 21.4 Å². The number of hydrogen-bond acceptors (Lipinski definition) is 8. The fourth-order valence-corrected chi connectivity index (χ4v) is 7.08. The van der Waals surface area contributed by atoms with Gasteiger partial charge in [0.15, 0.2) is 0 Å². The topological polar surface area (TPSA) is 159 Å². The first-order valence-corrected chi connectivity index (χ1v) is 21.5. The number of amides is 4. The van der Waals surface area contributed by atoms with Crippen molar-refractivity contribution in [2.45, 2.75) is 127 Å². The van der Waals surface area contributed by atoms with Crippen LogP contribution in [-0.2, 0) is 36.9 Å². The average Bonchev–Trinajstić information content (AvgIpc) is 3.19. The van der Waals surface area contributed by atoms with Crippen LogP contribution >= 0.6 is 0 Å². The molecular formula is C49H72N6O6. The van der Waals surface area contributed by atoms with Crippen molar-refractivity contribution in [2.24, 2.45) is 34.0 Å². The standard InChI is InChI=1S/C49H72N6O6/c1-33(2)34(3)25-26-49(10,11)29-41(57)52-42(47(4,5)6)44(58)51-40(28-35-18-14-13-15-19-35)38(32-56)31-55(54-45(59)43(48(7,8)9)53-46(60)61-12)30-36-21-23-37(24-22-36)39-20-16-17-27-50-39/h13-24,27,32-34,38,40,42-43H,25-26,28-31H2,1-12H3,(H,51,58)(H,52,57)(H,53,60)(H,54,59). The number of methoxy groups -OCH3 is 1. The highest BCUT2D eigenvalue weighted by Crippen LogP contribution is 2.31. The third-order valence-corrected chi connectivity index (χ3v) is 11.4. The molecule has 12 heteroatoms. The summed E-state index contributed by atoms with van der Waals surface area (Å²) in [6.07, 6.45) is 4.22. The van der Waals surface area contributed by atoms with E-state index in [0.29, 0.717) is 18.3 Å². The molecule has 5 unspecified atom stereocenters. The first-order valence-electron chi connectivity index (χ1n) is 21.5. The Morgan fingerprint density at radius 1 is 0.754 bits per heavy atom. The Kier molecular flexibility index (Phi) is 18.7. The minimum Gasteiger partial charge on any atom is -0.453 e. The van der Waals surface area contributed by atoms with Gasteiger partial charge in [-0.05, 0) is 70.6 Å². The number of aromatic nitrogens is 1. The maximum atomic E-state index is 14.5. The molecule has 0 bridgehead atoms. The van der Waals surface area contributed by atoms with Crippen LogP contribution in [0.2, 0.25) is 0 Å². The average molecular weight is 841 g/mol. The third kappa shape index (κ3) is 16.7. The van der Waals surface area contributed by atoms with Crippen LogP contribution in [0, 0.1) is 34.0 Å². The second kappa shape index (κ2) is 22.7. The van der Waals surface area contributed by atoms with Crippen LogP contribution in [0.15, 0.2) is 79.0 Å². The molecule has 0 radical (unpaired) electrons. The molecule has 0 spiro atoms. The molecule has 0 aliphatic rings. The van der Waals surface area contributed by atoms with E-state index in [1.54, 1.807) is 11.2 Å². The van der Waals surface area contributed by atoms with Crippen molar-refractivity contribution in [3.63, 3.8) is 0 Å². The molecule has 3 rings (SSSR count). The lowest BCUT2D eigenvalue weighted by Crippen LogP contribution is -2.60. The summed E-state index contributed by atoms with van der Waals surface area (Å²) in [5, 5.41) is 10.5. The van der Waals surface area contributed by atoms with E-state index in [1.165, 1.54) is 7.11 Å². The predicted molar refractivity (Wildman–Crippen MR) is 242 cm³/mol. The Morgan fingerprint density at radius 3 is 1.90 bits per heavy atom. The van der Waals surface area contributed by atoms with Gasteiger partial charge in [-0.25, -0.2) is 9.80 Å². The number of alkyl carbamates (subject to hydrolysis) is 1. The van der Waals surface area contributed by atoms with Gasteiger partial charge in [0.2, 0.25) is 11.8 Å². The molecule has 0 fully saturated rings. The molecule has 1 heterocycles. The lowest BCUT2D eigenvalue weighted by atomic mass is 9.79. The van der Waals surface area contributed by atoms with Gasteiger partial charge < -0.3 is 25.5 Å². The van der Waals surface area contributed by atoms with Gasteiger partial charge in [-0.1, -0.05) is 137 Å². The van der Waals surface area contributed by atoms with E-state index >= 15 is 0 Å². The molecular weight excluding hydrogens is 769 g/mol. The molecule has 12 nitrogen and oxygen atoms in total. The Labute approximate surface area is 364 Å². The fraction of sp³-hybridized carbons (Fsp3) is 0.551. The minimum absolute atomic E-state index is 0.000365. The minimum atomic E-state index is -0.997. The lowest BCUT2D eigenvalue weighted by Gasteiger charge is -2.36. The maximum absolute atomic E-state index is 14.5. The van der Waals surface area contributed by atoms with Crippen LogP contribution in [0.25, 0.3) is 11.3 Å². The molecule has 3 aromatic rings. The summed E-state index contributed by atoms with van der Waals surface area (Å²) in [6, 6.07) is 20.4. The van der Waals surface area contributed by atoms with Gasteiger partial charge in [0.1, 0.15) is 18.4 Å². The monoisotopic (exact) mass is 841 g/mol. The zero-order chi connectivity index (χ0) is 45.5. The maximum Gasteiger partial charge on any atom is 0.407 e. The number of hydrazine groups is 1. The van der Waals surface area contributed by atoms with Crippen molar-refractivity contribution in [1.29, 1.82) is 0 Å². The number of nitrogens with one attached hydrogen (secondary N) is 4. The molecule has 5 atom stereocenters. The summed E-state index contributed by atoms with van der Waals surface area (Å²) in [4.78, 5) is 72.3. The van der Waals surface area contributed by atoms with Crippen LogP contribution in [-0.4, -0.2) is 71.9 Å². The Balaban J connectivity index is 1.97. The van der Waals surface area contributed by atoms with Gasteiger partial charge >= 0.3 is 6.09 Å². The summed E-state index contributed by atoms with van der Waals surface area (Å²) in [5.74, 6) is -0.878. The number of carbonyl (C=O) groups excluding carboxylic acids is 5. The Hall–Kier alpha value is -5.10. The highest BCUT2D eigenvalue weighted by Gasteiger charge is 2.38. The predicted octanol–water partition coefficient (Wildman–Crippen LogP) is 7.91. The first kappa shape index (κ1) is 50.3. The third-order valence-electron chi connectivity index (χ3n) is 11.4. The van der Waals surface area contributed by atoms with Gasteiger partial charge in [0.05, 0.1) is 12.8 Å². The zero-order valence-corrected chi connectivity index (χ0v) is 38.6. The van der Waals surface area contributed by atoms with E-state index in [4.69, 9.17) is 4.74 Å². The normalized spacial score (nSPS) is 14.6. The van der Waals surface area contributed by atoms with Crippen molar-refractivity contribution < 1.29 is 28.7 Å². The van der Waals surface area contributed by atoms with Crippen LogP contribution in [0.3, 0.4) is 0 Å². The van der Waals surface area contributed by atoms with Crippen molar-refractivity contribution in [1.82, 2.24) is 31.4 Å². The first-order chi connectivity index (χ1) is 28.5. The largest absolute Gasteiger partial charge is 0.453 e. The molecule has 334 valence electrons. The molecule has 4 N–H and O–H groups in total. The lowest BCUT2D eigenvalue weighted by molar-refractivity contribution is -0.134. The highest BCUT2D eigenvalue weighted by atomic mass is 16.5. The molecule has 0 aliphatic carbocycles. The Morgan fingerprint density at radius 2 is 1.36 bits per heavy atom. The molecule has 61 heavy (non-hydrogen) atoms. The number of ether oxygens (including phenoxy) is 1. The summed E-state index contributed by atoms with van der Waals surface area (Å²) < 4.78 is 4.84. The number of hydrogen-bond donors (Lipinski definition) is 4. The number of aldehydes is 1. The highest BCUT2D eigenvalue weighted by molar-refractivity contribution is 5.89. The fourth-order valence-electron chi connectivity index (χ4n) is 7.08. The molecule has 0 saturated carbocycles. The number of rotatable bonds is 21. The van der Waals surface area contributed by atoms with E-state index in [0.717, 1.165) is 41.5 Å². The van der Waals surface area contributed by atoms with Crippen molar-refractivity contribution >= 4 is 30.1 Å². The Bertz CT molecular complexity index is 1850. The van der Waals surface area contributed by atoms with Crippen LogP contribution in [0.1, 0.15) is 107 Å². The molecule has 1 aromatic heterocycles. The molecule has 0 saturated heterocycles. The van der Waals surface area contributed by atoms with Crippen molar-refractivity contribution in [3.8, 4) is 11.3 Å². The second-order valence-electron chi connectivity index (χ2n) is 19.8. The summed E-state index contributed by atoms with van der Waals surface area (Å²) in [7, 11) is 1.23. The quantitative estimate of drug-likeness (QED) is 0.0623. The van der Waals surface area contributed by atoms with Gasteiger partial charge in [0.25, 0.3) is 5.91 Å². The number of nitrogens with zero attached hydrogens (tertiary/aromatic N) is 2. The van der Waals surface area contributed by atoms with E-state index in [9.17, 15) is 24.0 Å². The van der Waals surface area contributed by atoms with E-state index in [-0.39, 0.29) is 30.8 Å². The zero-order valence-electron chi connectivity index (χ0n) is 38.6. The van der Waals surface area contributed by atoms with Gasteiger partial charge in [0, 0.05) is 43.2 Å². The number of carbonyl (C=O) groups is 5. The number of benzene rings is 2. The summed E-state index contributed by atoms with van der Waals surface area (Å²) >= 11 is 0. The summed E-state index contributed by atoms with van der Waals surface area (Å²) in [5.41, 5.74) is 4.79. The van der Waals surface area contributed by atoms with E-state index < -0.39 is 52.8 Å². The smallest absolute Gasteiger partial charge is 0.407 e. The molecule has 2 aromatic carbocycles. The van der Waals surface area contributed by atoms with Crippen molar-refractivity contribution in [2.75, 3.05) is 13.7 Å². The van der Waals surface area contributed by atoms with E-state index in [2.05, 4.69) is 61.0 Å². The SMILES string of the molecule is COC(=O)NC(C(=O)NN(Cc1ccc(-c2ccccn2)cc1)CC(C=O)C(Cc1ccccc1)NC(=O)C(NC(=O)CC(C)(C)CCC(C)C(C)C)C(C)(C)C)C(C)(C)C. The molecule has 0 aliphatic heterocycles. The second-order valence-corrected chi connectivity index (χ2v) is 19.8. The van der Waals surface area contributed by atoms with Gasteiger partial charge in [-0.2, -0.15) is 0 Å². The van der Waals surface area contributed by atoms with Crippen molar-refractivity contribution in [3.05, 3.63) is 90.1 Å². The summed E-state index contributed by atoms with van der Waals surface area (Å²) in [6.45, 7) is 22.2. The van der Waals surface area contributed by atoms with Crippen LogP contribution in [0.5, 0.6) is 0 Å². The van der Waals surface area contributed by atoms with Crippen LogP contribution in [0.4, 0.5) is 4.79 Å². The molecule has 4 amide bonds. The van der Waals surface area contributed by atoms with E-state index in [1.807, 2.05) is 114 Å². The van der Waals surface area contributed by atoms with Gasteiger partial charge in [-0.15, -0.1) is 0 Å². The number of pyridine rings is 1.